The molecule has 5 nitrogen and oxygen atoms in total. The average molecular weight is 308 g/mol. The van der Waals surface area contributed by atoms with Crippen molar-refractivity contribution < 1.29 is 9.13 Å². The summed E-state index contributed by atoms with van der Waals surface area (Å²) in [6.07, 6.45) is 0.932. The maximum atomic E-state index is 13.1. The second-order valence-corrected chi connectivity index (χ2v) is 5.51. The van der Waals surface area contributed by atoms with E-state index >= 15 is 0 Å². The molecule has 1 heterocycles. The molecule has 1 aromatic carbocycles. The first-order valence-electron chi connectivity index (χ1n) is 7.66. The Hall–Kier alpha value is -1.66. The van der Waals surface area contributed by atoms with Gasteiger partial charge in [0.2, 0.25) is 0 Å². The summed E-state index contributed by atoms with van der Waals surface area (Å²) in [6, 6.07) is 6.67. The van der Waals surface area contributed by atoms with Crippen molar-refractivity contribution in [3.05, 3.63) is 35.6 Å². The number of nitrogens with zero attached hydrogens (tertiary/aromatic N) is 2. The van der Waals surface area contributed by atoms with Gasteiger partial charge in [-0.05, 0) is 31.2 Å². The van der Waals surface area contributed by atoms with Crippen molar-refractivity contribution in [3.63, 3.8) is 0 Å². The molecule has 2 N–H and O–H groups in total. The van der Waals surface area contributed by atoms with E-state index in [1.807, 2.05) is 6.07 Å². The van der Waals surface area contributed by atoms with E-state index in [-0.39, 0.29) is 11.9 Å². The van der Waals surface area contributed by atoms with Gasteiger partial charge < -0.3 is 20.3 Å². The molecule has 22 heavy (non-hydrogen) atoms. The van der Waals surface area contributed by atoms with Crippen LogP contribution in [0, 0.1) is 5.82 Å². The van der Waals surface area contributed by atoms with Crippen LogP contribution < -0.4 is 10.6 Å². The molecule has 6 heteroatoms. The molecule has 122 valence electrons. The Morgan fingerprint density at radius 3 is 3.05 bits per heavy atom. The average Bonchev–Trinajstić information content (AvgIpc) is 2.51. The molecule has 0 radical (unpaired) electrons. The van der Waals surface area contributed by atoms with Crippen molar-refractivity contribution in [2.45, 2.75) is 12.5 Å². The number of hydrogen-bond donors (Lipinski definition) is 2. The number of benzene rings is 1. The number of nitrogens with one attached hydrogen (secondary N) is 2. The molecule has 1 saturated heterocycles. The van der Waals surface area contributed by atoms with Crippen LogP contribution in [0.5, 0.6) is 0 Å². The minimum atomic E-state index is -0.196. The van der Waals surface area contributed by atoms with Gasteiger partial charge in [-0.3, -0.25) is 4.99 Å². The fraction of sp³-hybridized carbons (Fsp3) is 0.562. The van der Waals surface area contributed by atoms with E-state index < -0.39 is 0 Å². The summed E-state index contributed by atoms with van der Waals surface area (Å²) in [4.78, 5) is 6.45. The van der Waals surface area contributed by atoms with E-state index in [2.05, 4.69) is 27.6 Å². The van der Waals surface area contributed by atoms with Gasteiger partial charge in [0, 0.05) is 33.2 Å². The number of rotatable bonds is 5. The van der Waals surface area contributed by atoms with Gasteiger partial charge in [0.05, 0.1) is 12.7 Å². The van der Waals surface area contributed by atoms with E-state index in [1.54, 1.807) is 19.2 Å². The molecule has 0 spiro atoms. The largest absolute Gasteiger partial charge is 0.374 e. The summed E-state index contributed by atoms with van der Waals surface area (Å²) in [5.41, 5.74) is 0.972. The van der Waals surface area contributed by atoms with Crippen LogP contribution in [-0.4, -0.2) is 63.8 Å². The van der Waals surface area contributed by atoms with Crippen molar-refractivity contribution >= 4 is 5.96 Å². The van der Waals surface area contributed by atoms with Gasteiger partial charge in [-0.1, -0.05) is 12.1 Å². The molecule has 1 aromatic rings. The third-order valence-electron chi connectivity index (χ3n) is 3.66. The molecule has 0 saturated carbocycles. The number of guanidine groups is 1. The molecule has 1 atom stereocenters. The Kier molecular flexibility index (Phi) is 6.61. The van der Waals surface area contributed by atoms with Crippen LogP contribution in [0.4, 0.5) is 4.39 Å². The van der Waals surface area contributed by atoms with Crippen LogP contribution in [-0.2, 0) is 11.2 Å². The highest BCUT2D eigenvalue weighted by Crippen LogP contribution is 2.03. The molecule has 1 fully saturated rings. The van der Waals surface area contributed by atoms with Crippen molar-refractivity contribution in [2.75, 3.05) is 46.9 Å². The highest BCUT2D eigenvalue weighted by atomic mass is 19.1. The van der Waals surface area contributed by atoms with Gasteiger partial charge >= 0.3 is 0 Å². The Morgan fingerprint density at radius 1 is 1.45 bits per heavy atom. The summed E-state index contributed by atoms with van der Waals surface area (Å²) in [5.74, 6) is 0.548. The summed E-state index contributed by atoms with van der Waals surface area (Å²) in [7, 11) is 3.84. The monoisotopic (exact) mass is 308 g/mol. The third-order valence-corrected chi connectivity index (χ3v) is 3.66. The Balaban J connectivity index is 1.69. The molecule has 0 amide bonds. The molecule has 2 rings (SSSR count). The zero-order chi connectivity index (χ0) is 15.8. The number of likely N-dealkylation sites (N-methyl/N-ethyl adjacent to an activating group) is 1. The van der Waals surface area contributed by atoms with Crippen LogP contribution in [0.3, 0.4) is 0 Å². The maximum absolute atomic E-state index is 13.1. The molecule has 0 aliphatic carbocycles. The predicted octanol–water partition coefficient (Wildman–Crippen LogP) is 0.864. The fourth-order valence-corrected chi connectivity index (χ4v) is 2.44. The van der Waals surface area contributed by atoms with Crippen molar-refractivity contribution in [1.82, 2.24) is 15.5 Å². The number of aliphatic imine (C=N–C) groups is 1. The molecule has 0 bridgehead atoms. The number of hydrogen-bond acceptors (Lipinski definition) is 3. The first-order chi connectivity index (χ1) is 10.7. The molecule has 1 aliphatic rings. The minimum Gasteiger partial charge on any atom is -0.374 e. The molecular formula is C16H25FN4O. The zero-order valence-corrected chi connectivity index (χ0v) is 13.3. The number of morpholine rings is 1. The predicted molar refractivity (Wildman–Crippen MR) is 86.7 cm³/mol. The quantitative estimate of drug-likeness (QED) is 0.626. The Bertz CT molecular complexity index is 495. The summed E-state index contributed by atoms with van der Waals surface area (Å²) in [5, 5.41) is 6.51. The lowest BCUT2D eigenvalue weighted by Crippen LogP contribution is -2.48. The minimum absolute atomic E-state index is 0.181. The van der Waals surface area contributed by atoms with Crippen molar-refractivity contribution in [2.24, 2.45) is 4.99 Å². The van der Waals surface area contributed by atoms with Gasteiger partial charge in [0.25, 0.3) is 0 Å². The summed E-state index contributed by atoms with van der Waals surface area (Å²) < 4.78 is 18.8. The van der Waals surface area contributed by atoms with Gasteiger partial charge in [0.1, 0.15) is 5.82 Å². The Morgan fingerprint density at radius 2 is 2.32 bits per heavy atom. The van der Waals surface area contributed by atoms with Gasteiger partial charge in [-0.2, -0.15) is 0 Å². The topological polar surface area (TPSA) is 48.9 Å². The summed E-state index contributed by atoms with van der Waals surface area (Å²) >= 11 is 0. The van der Waals surface area contributed by atoms with Crippen LogP contribution in [0.25, 0.3) is 0 Å². The standard InChI is InChI=1S/C16H25FN4O/c1-18-16(20-11-15-12-21(2)8-9-22-15)19-7-6-13-4-3-5-14(17)10-13/h3-5,10,15H,6-9,11-12H2,1-2H3,(H2,18,19,20). The highest BCUT2D eigenvalue weighted by Gasteiger charge is 2.17. The lowest BCUT2D eigenvalue weighted by atomic mass is 10.1. The van der Waals surface area contributed by atoms with E-state index in [9.17, 15) is 4.39 Å². The van der Waals surface area contributed by atoms with Crippen molar-refractivity contribution in [3.8, 4) is 0 Å². The Labute approximate surface area is 131 Å². The lowest BCUT2D eigenvalue weighted by molar-refractivity contribution is -0.0161. The summed E-state index contributed by atoms with van der Waals surface area (Å²) in [6.45, 7) is 4.11. The van der Waals surface area contributed by atoms with Crippen molar-refractivity contribution in [1.29, 1.82) is 0 Å². The fourth-order valence-electron chi connectivity index (χ4n) is 2.44. The van der Waals surface area contributed by atoms with Gasteiger partial charge in [-0.15, -0.1) is 0 Å². The third kappa shape index (κ3) is 5.61. The van der Waals surface area contributed by atoms with E-state index in [0.717, 1.165) is 44.2 Å². The van der Waals surface area contributed by atoms with Crippen LogP contribution in [0.1, 0.15) is 5.56 Å². The normalized spacial score (nSPS) is 20.0. The second-order valence-electron chi connectivity index (χ2n) is 5.51. The lowest BCUT2D eigenvalue weighted by Gasteiger charge is -2.30. The number of ether oxygens (including phenoxy) is 1. The van der Waals surface area contributed by atoms with Crippen LogP contribution in [0.2, 0.25) is 0 Å². The van der Waals surface area contributed by atoms with Crippen LogP contribution in [0.15, 0.2) is 29.3 Å². The maximum Gasteiger partial charge on any atom is 0.191 e. The van der Waals surface area contributed by atoms with E-state index in [4.69, 9.17) is 4.74 Å². The molecule has 1 unspecified atom stereocenters. The first kappa shape index (κ1) is 16.7. The molecular weight excluding hydrogens is 283 g/mol. The van der Waals surface area contributed by atoms with E-state index in [1.165, 1.54) is 6.07 Å². The smallest absolute Gasteiger partial charge is 0.191 e. The molecule has 0 aromatic heterocycles. The van der Waals surface area contributed by atoms with E-state index in [0.29, 0.717) is 6.54 Å². The number of halogens is 1. The highest BCUT2D eigenvalue weighted by molar-refractivity contribution is 5.79. The first-order valence-corrected chi connectivity index (χ1v) is 7.66. The van der Waals surface area contributed by atoms with Crippen LogP contribution >= 0.6 is 0 Å². The zero-order valence-electron chi connectivity index (χ0n) is 13.3. The van der Waals surface area contributed by atoms with Gasteiger partial charge in [0.15, 0.2) is 5.96 Å². The van der Waals surface area contributed by atoms with Gasteiger partial charge in [-0.25, -0.2) is 4.39 Å². The second kappa shape index (κ2) is 8.70. The molecule has 1 aliphatic heterocycles. The SMILES string of the molecule is CN=C(NCCc1cccc(F)c1)NCC1CN(C)CCO1.